The fourth-order valence-corrected chi connectivity index (χ4v) is 3.68. The molecule has 1 aliphatic heterocycles. The molecule has 0 aliphatic carbocycles. The van der Waals surface area contributed by atoms with Gasteiger partial charge in [0.05, 0.1) is 24.2 Å². The zero-order valence-electron chi connectivity index (χ0n) is 10.0. The second-order valence-corrected chi connectivity index (χ2v) is 6.50. The zero-order valence-corrected chi connectivity index (χ0v) is 10.9. The Morgan fingerprint density at radius 2 is 2.11 bits per heavy atom. The quantitative estimate of drug-likeness (QED) is 0.872. The number of nitrogens with one attached hydrogen (secondary N) is 1. The minimum atomic E-state index is -2.98. The Morgan fingerprint density at radius 1 is 1.39 bits per heavy atom. The second-order valence-electron chi connectivity index (χ2n) is 4.27. The highest BCUT2D eigenvalue weighted by molar-refractivity contribution is 7.91. The number of ether oxygens (including phenoxy) is 1. The fraction of sp³-hybridized carbons (Fsp3) is 0.417. The molecule has 1 aliphatic rings. The van der Waals surface area contributed by atoms with Crippen LogP contribution in [-0.4, -0.2) is 39.0 Å². The molecule has 1 unspecified atom stereocenters. The Morgan fingerprint density at radius 3 is 2.72 bits per heavy atom. The summed E-state index contributed by atoms with van der Waals surface area (Å²) >= 11 is 0. The maximum Gasteiger partial charge on any atom is 0.255 e. The first-order valence-electron chi connectivity index (χ1n) is 5.66. The maximum atomic E-state index is 12.0. The Bertz CT molecular complexity index is 553. The van der Waals surface area contributed by atoms with Crippen molar-refractivity contribution in [3.05, 3.63) is 29.8 Å². The van der Waals surface area contributed by atoms with E-state index >= 15 is 0 Å². The van der Waals surface area contributed by atoms with Gasteiger partial charge in [-0.05, 0) is 18.6 Å². The van der Waals surface area contributed by atoms with E-state index in [2.05, 4.69) is 5.32 Å². The molecule has 6 heteroatoms. The molecule has 1 aromatic rings. The molecule has 0 spiro atoms. The third-order valence-corrected chi connectivity index (χ3v) is 4.69. The molecule has 18 heavy (non-hydrogen) atoms. The van der Waals surface area contributed by atoms with Crippen LogP contribution in [0.25, 0.3) is 0 Å². The van der Waals surface area contributed by atoms with Crippen LogP contribution in [0.15, 0.2) is 24.3 Å². The Labute approximate surface area is 106 Å². The lowest BCUT2D eigenvalue weighted by Gasteiger charge is -2.12. The summed E-state index contributed by atoms with van der Waals surface area (Å²) in [7, 11) is -1.49. The highest BCUT2D eigenvalue weighted by atomic mass is 32.2. The van der Waals surface area contributed by atoms with Crippen molar-refractivity contribution >= 4 is 15.7 Å². The molecule has 1 amide bonds. The van der Waals surface area contributed by atoms with Crippen LogP contribution in [-0.2, 0) is 9.84 Å². The molecule has 1 aromatic carbocycles. The van der Waals surface area contributed by atoms with E-state index in [9.17, 15) is 13.2 Å². The number of carbonyl (C=O) groups excluding carboxylic acids is 1. The SMILES string of the molecule is COc1ccccc1C(=O)NC1CCS(=O)(=O)C1. The predicted octanol–water partition coefficient (Wildman–Crippen LogP) is 0.612. The third-order valence-electron chi connectivity index (χ3n) is 2.92. The van der Waals surface area contributed by atoms with Gasteiger partial charge in [-0.3, -0.25) is 4.79 Å². The number of hydrogen-bond acceptors (Lipinski definition) is 4. The van der Waals surface area contributed by atoms with Gasteiger partial charge in [0, 0.05) is 6.04 Å². The predicted molar refractivity (Wildman–Crippen MR) is 67.5 cm³/mol. The van der Waals surface area contributed by atoms with Crippen LogP contribution >= 0.6 is 0 Å². The van der Waals surface area contributed by atoms with Gasteiger partial charge < -0.3 is 10.1 Å². The first-order valence-corrected chi connectivity index (χ1v) is 7.48. The Balaban J connectivity index is 2.09. The van der Waals surface area contributed by atoms with Gasteiger partial charge in [0.2, 0.25) is 0 Å². The smallest absolute Gasteiger partial charge is 0.255 e. The standard InChI is InChI=1S/C12H15NO4S/c1-17-11-5-3-2-4-10(11)12(14)13-9-6-7-18(15,16)8-9/h2-5,9H,6-8H2,1H3,(H,13,14). The van der Waals surface area contributed by atoms with E-state index in [0.29, 0.717) is 17.7 Å². The van der Waals surface area contributed by atoms with Crippen molar-refractivity contribution in [1.82, 2.24) is 5.32 Å². The minimum Gasteiger partial charge on any atom is -0.496 e. The average Bonchev–Trinajstić information content (AvgIpc) is 2.68. The van der Waals surface area contributed by atoms with Crippen LogP contribution in [0.2, 0.25) is 0 Å². The lowest BCUT2D eigenvalue weighted by Crippen LogP contribution is -2.35. The molecule has 1 saturated heterocycles. The zero-order chi connectivity index (χ0) is 13.2. The van der Waals surface area contributed by atoms with Crippen molar-refractivity contribution in [3.63, 3.8) is 0 Å². The highest BCUT2D eigenvalue weighted by Gasteiger charge is 2.29. The number of carbonyl (C=O) groups is 1. The van der Waals surface area contributed by atoms with E-state index in [1.54, 1.807) is 24.3 Å². The number of amides is 1. The van der Waals surface area contributed by atoms with Crippen LogP contribution in [0.4, 0.5) is 0 Å². The molecule has 98 valence electrons. The molecule has 1 atom stereocenters. The maximum absolute atomic E-state index is 12.0. The van der Waals surface area contributed by atoms with Gasteiger partial charge in [0.25, 0.3) is 5.91 Å². The summed E-state index contributed by atoms with van der Waals surface area (Å²) in [5.74, 6) is 0.350. The number of rotatable bonds is 3. The lowest BCUT2D eigenvalue weighted by atomic mass is 10.1. The van der Waals surface area contributed by atoms with Crippen LogP contribution < -0.4 is 10.1 Å². The van der Waals surface area contributed by atoms with Crippen molar-refractivity contribution in [2.24, 2.45) is 0 Å². The first kappa shape index (κ1) is 12.9. The molecule has 1 heterocycles. The molecule has 0 saturated carbocycles. The van der Waals surface area contributed by atoms with E-state index in [4.69, 9.17) is 4.74 Å². The van der Waals surface area contributed by atoms with Crippen molar-refractivity contribution < 1.29 is 17.9 Å². The number of methoxy groups -OCH3 is 1. The number of hydrogen-bond donors (Lipinski definition) is 1. The topological polar surface area (TPSA) is 72.5 Å². The number of para-hydroxylation sites is 1. The molecule has 0 aromatic heterocycles. The second kappa shape index (κ2) is 4.97. The van der Waals surface area contributed by atoms with Crippen LogP contribution in [0.1, 0.15) is 16.8 Å². The summed E-state index contributed by atoms with van der Waals surface area (Å²) in [6, 6.07) is 6.56. The van der Waals surface area contributed by atoms with Crippen molar-refractivity contribution in [3.8, 4) is 5.75 Å². The molecule has 1 N–H and O–H groups in total. The van der Waals surface area contributed by atoms with Gasteiger partial charge in [-0.2, -0.15) is 0 Å². The van der Waals surface area contributed by atoms with Gasteiger partial charge in [-0.1, -0.05) is 12.1 Å². The Kier molecular flexibility index (Phi) is 3.56. The fourth-order valence-electron chi connectivity index (χ4n) is 2.00. The lowest BCUT2D eigenvalue weighted by molar-refractivity contribution is 0.0938. The molecule has 1 fully saturated rings. The summed E-state index contributed by atoms with van der Waals surface area (Å²) < 4.78 is 27.7. The summed E-state index contributed by atoms with van der Waals surface area (Å²) in [5, 5.41) is 2.73. The van der Waals surface area contributed by atoms with E-state index < -0.39 is 9.84 Å². The summed E-state index contributed by atoms with van der Waals surface area (Å²) in [5.41, 5.74) is 0.421. The number of sulfone groups is 1. The van der Waals surface area contributed by atoms with Crippen LogP contribution in [0, 0.1) is 0 Å². The molecule has 0 bridgehead atoms. The van der Waals surface area contributed by atoms with Crippen molar-refractivity contribution in [2.45, 2.75) is 12.5 Å². The highest BCUT2D eigenvalue weighted by Crippen LogP contribution is 2.18. The summed E-state index contributed by atoms with van der Waals surface area (Å²) in [4.78, 5) is 12.0. The van der Waals surface area contributed by atoms with Gasteiger partial charge in [-0.15, -0.1) is 0 Å². The minimum absolute atomic E-state index is 0.0217. The molecule has 2 rings (SSSR count). The molecule has 0 radical (unpaired) electrons. The summed E-state index contributed by atoms with van der Waals surface area (Å²) in [6.45, 7) is 0. The molecular weight excluding hydrogens is 254 g/mol. The van der Waals surface area contributed by atoms with Crippen molar-refractivity contribution in [2.75, 3.05) is 18.6 Å². The van der Waals surface area contributed by atoms with Gasteiger partial charge in [0.15, 0.2) is 9.84 Å². The largest absolute Gasteiger partial charge is 0.496 e. The molecular formula is C12H15NO4S. The van der Waals surface area contributed by atoms with E-state index in [1.165, 1.54) is 7.11 Å². The summed E-state index contributed by atoms with van der Waals surface area (Å²) in [6.07, 6.45) is 0.475. The normalized spacial score (nSPS) is 21.5. The van der Waals surface area contributed by atoms with E-state index in [1.807, 2.05) is 0 Å². The Hall–Kier alpha value is -1.56. The van der Waals surface area contributed by atoms with Crippen molar-refractivity contribution in [1.29, 1.82) is 0 Å². The molecule has 5 nitrogen and oxygen atoms in total. The van der Waals surface area contributed by atoms with Gasteiger partial charge in [-0.25, -0.2) is 8.42 Å². The van der Waals surface area contributed by atoms with Crippen LogP contribution in [0.3, 0.4) is 0 Å². The van der Waals surface area contributed by atoms with E-state index in [-0.39, 0.29) is 23.5 Å². The first-order chi connectivity index (χ1) is 8.52. The van der Waals surface area contributed by atoms with Crippen LogP contribution in [0.5, 0.6) is 5.75 Å². The van der Waals surface area contributed by atoms with E-state index in [0.717, 1.165) is 0 Å². The van der Waals surface area contributed by atoms with Gasteiger partial charge in [0.1, 0.15) is 5.75 Å². The average molecular weight is 269 g/mol. The number of benzene rings is 1. The third kappa shape index (κ3) is 2.81. The monoisotopic (exact) mass is 269 g/mol. The van der Waals surface area contributed by atoms with Gasteiger partial charge >= 0.3 is 0 Å².